The third-order valence-electron chi connectivity index (χ3n) is 4.64. The molecule has 2 N–H and O–H groups in total. The van der Waals surface area contributed by atoms with Crippen LogP contribution >= 0.6 is 0 Å². The Hall–Kier alpha value is -3.93. The van der Waals surface area contributed by atoms with E-state index in [-0.39, 0.29) is 5.78 Å². The molecular weight excluding hydrogens is 364 g/mol. The molecule has 0 aliphatic heterocycles. The van der Waals surface area contributed by atoms with Crippen molar-refractivity contribution < 1.29 is 9.32 Å². The van der Waals surface area contributed by atoms with E-state index in [4.69, 9.17) is 4.52 Å². The monoisotopic (exact) mass is 384 g/mol. The SMILES string of the molecule is C=C(NCc1cccnc1)c1cc(C(=O)c2c(-c3ccccc3)noc2C)c[nH]1. The Morgan fingerprint density at radius 3 is 2.79 bits per heavy atom. The number of benzene rings is 1. The normalized spacial score (nSPS) is 10.7. The number of H-pyrrole nitrogens is 1. The summed E-state index contributed by atoms with van der Waals surface area (Å²) in [6.07, 6.45) is 5.21. The molecule has 0 aliphatic carbocycles. The van der Waals surface area contributed by atoms with Gasteiger partial charge in [-0.2, -0.15) is 0 Å². The highest BCUT2D eigenvalue weighted by Crippen LogP contribution is 2.28. The van der Waals surface area contributed by atoms with Gasteiger partial charge in [0.15, 0.2) is 5.78 Å². The number of aryl methyl sites for hydroxylation is 1. The number of aromatic nitrogens is 3. The van der Waals surface area contributed by atoms with Gasteiger partial charge in [-0.3, -0.25) is 9.78 Å². The molecule has 4 aromatic rings. The van der Waals surface area contributed by atoms with E-state index in [1.807, 2.05) is 42.5 Å². The van der Waals surface area contributed by atoms with Crippen LogP contribution in [0, 0.1) is 6.92 Å². The molecule has 0 fully saturated rings. The first-order valence-electron chi connectivity index (χ1n) is 9.20. The lowest BCUT2D eigenvalue weighted by Crippen LogP contribution is -2.11. The van der Waals surface area contributed by atoms with Crippen LogP contribution in [0.1, 0.15) is 32.9 Å². The zero-order chi connectivity index (χ0) is 20.2. The number of hydrogen-bond acceptors (Lipinski definition) is 5. The molecule has 6 heteroatoms. The van der Waals surface area contributed by atoms with Gasteiger partial charge < -0.3 is 14.8 Å². The van der Waals surface area contributed by atoms with Crippen LogP contribution in [0.25, 0.3) is 17.0 Å². The predicted molar refractivity (Wildman–Crippen MR) is 111 cm³/mol. The maximum atomic E-state index is 13.2. The zero-order valence-corrected chi connectivity index (χ0v) is 16.0. The number of rotatable bonds is 7. The number of nitrogens with one attached hydrogen (secondary N) is 2. The Balaban J connectivity index is 1.54. The van der Waals surface area contributed by atoms with Gasteiger partial charge in [-0.15, -0.1) is 0 Å². The summed E-state index contributed by atoms with van der Waals surface area (Å²) in [4.78, 5) is 20.4. The Labute approximate surface area is 168 Å². The molecule has 0 bridgehead atoms. The van der Waals surface area contributed by atoms with Crippen LogP contribution in [0.5, 0.6) is 0 Å². The van der Waals surface area contributed by atoms with Crippen LogP contribution in [0.15, 0.2) is 78.2 Å². The minimum atomic E-state index is -0.148. The predicted octanol–water partition coefficient (Wildman–Crippen LogP) is 4.36. The summed E-state index contributed by atoms with van der Waals surface area (Å²) in [6, 6.07) is 15.2. The van der Waals surface area contributed by atoms with Gasteiger partial charge in [-0.05, 0) is 24.6 Å². The first kappa shape index (κ1) is 18.4. The molecule has 4 rings (SSSR count). The molecular formula is C23H20N4O2. The summed E-state index contributed by atoms with van der Waals surface area (Å²) < 4.78 is 5.32. The third kappa shape index (κ3) is 3.87. The highest BCUT2D eigenvalue weighted by atomic mass is 16.5. The number of pyridine rings is 1. The number of carbonyl (C=O) groups is 1. The van der Waals surface area contributed by atoms with E-state index in [0.717, 1.165) is 16.8 Å². The van der Waals surface area contributed by atoms with Crippen LogP contribution in [-0.4, -0.2) is 20.9 Å². The highest BCUT2D eigenvalue weighted by molar-refractivity contribution is 6.13. The number of aromatic amines is 1. The van der Waals surface area contributed by atoms with Gasteiger partial charge in [-0.25, -0.2) is 0 Å². The van der Waals surface area contributed by atoms with Gasteiger partial charge in [0.05, 0.1) is 17.0 Å². The summed E-state index contributed by atoms with van der Waals surface area (Å²) >= 11 is 0. The minimum absolute atomic E-state index is 0.148. The first-order chi connectivity index (χ1) is 14.1. The zero-order valence-electron chi connectivity index (χ0n) is 16.0. The van der Waals surface area contributed by atoms with Crippen molar-refractivity contribution >= 4 is 11.5 Å². The molecule has 0 radical (unpaired) electrons. The molecule has 3 heterocycles. The second kappa shape index (κ2) is 7.98. The Morgan fingerprint density at radius 1 is 1.21 bits per heavy atom. The fourth-order valence-corrected chi connectivity index (χ4v) is 3.08. The molecule has 144 valence electrons. The third-order valence-corrected chi connectivity index (χ3v) is 4.64. The van der Waals surface area contributed by atoms with Crippen LogP contribution in [0.4, 0.5) is 0 Å². The summed E-state index contributed by atoms with van der Waals surface area (Å²) in [5.74, 6) is 0.343. The smallest absolute Gasteiger partial charge is 0.200 e. The number of ketones is 1. The van der Waals surface area contributed by atoms with E-state index < -0.39 is 0 Å². The van der Waals surface area contributed by atoms with E-state index in [2.05, 4.69) is 27.0 Å². The molecule has 0 saturated heterocycles. The summed E-state index contributed by atoms with van der Waals surface area (Å²) in [6.45, 7) is 6.39. The second-order valence-electron chi connectivity index (χ2n) is 6.65. The van der Waals surface area contributed by atoms with Crippen LogP contribution in [0.2, 0.25) is 0 Å². The lowest BCUT2D eigenvalue weighted by molar-refractivity contribution is 0.103. The highest BCUT2D eigenvalue weighted by Gasteiger charge is 2.23. The van der Waals surface area contributed by atoms with Gasteiger partial charge in [0, 0.05) is 36.3 Å². The van der Waals surface area contributed by atoms with Crippen molar-refractivity contribution in [2.75, 3.05) is 0 Å². The van der Waals surface area contributed by atoms with E-state index in [1.165, 1.54) is 0 Å². The molecule has 1 aromatic carbocycles. The van der Waals surface area contributed by atoms with E-state index in [0.29, 0.717) is 34.8 Å². The maximum Gasteiger partial charge on any atom is 0.200 e. The Kier molecular flexibility index (Phi) is 5.07. The van der Waals surface area contributed by atoms with Crippen molar-refractivity contribution in [1.29, 1.82) is 0 Å². The van der Waals surface area contributed by atoms with E-state index in [9.17, 15) is 4.79 Å². The average Bonchev–Trinajstić information content (AvgIpc) is 3.40. The summed E-state index contributed by atoms with van der Waals surface area (Å²) in [5.41, 5.74) is 4.86. The lowest BCUT2D eigenvalue weighted by Gasteiger charge is -2.07. The van der Waals surface area contributed by atoms with Crippen LogP contribution < -0.4 is 5.32 Å². The van der Waals surface area contributed by atoms with Gasteiger partial charge in [0.25, 0.3) is 0 Å². The van der Waals surface area contributed by atoms with Gasteiger partial charge in [-0.1, -0.05) is 48.1 Å². The largest absolute Gasteiger partial charge is 0.380 e. The molecule has 0 saturated carbocycles. The molecule has 0 unspecified atom stereocenters. The van der Waals surface area contributed by atoms with Crippen molar-refractivity contribution in [3.05, 3.63) is 102 Å². The first-order valence-corrected chi connectivity index (χ1v) is 9.20. The molecule has 0 aliphatic rings. The lowest BCUT2D eigenvalue weighted by atomic mass is 9.99. The average molecular weight is 384 g/mol. The van der Waals surface area contributed by atoms with Crippen molar-refractivity contribution in [1.82, 2.24) is 20.4 Å². The fourth-order valence-electron chi connectivity index (χ4n) is 3.08. The van der Waals surface area contributed by atoms with Gasteiger partial charge in [0.1, 0.15) is 11.5 Å². The number of nitrogens with zero attached hydrogens (tertiary/aromatic N) is 2. The molecule has 6 nitrogen and oxygen atoms in total. The van der Waals surface area contributed by atoms with Crippen molar-refractivity contribution in [3.63, 3.8) is 0 Å². The summed E-state index contributed by atoms with van der Waals surface area (Å²) in [7, 11) is 0. The molecule has 0 amide bonds. The van der Waals surface area contributed by atoms with Crippen molar-refractivity contribution in [2.24, 2.45) is 0 Å². The molecule has 0 spiro atoms. The van der Waals surface area contributed by atoms with Crippen molar-refractivity contribution in [3.8, 4) is 11.3 Å². The number of carbonyl (C=O) groups excluding carboxylic acids is 1. The standard InChI is InChI=1S/C23H20N4O2/c1-15(25-13-17-7-6-10-24-12-17)20-11-19(14-26-20)23(28)21-16(2)29-27-22(21)18-8-4-3-5-9-18/h3-12,14,25-26H,1,13H2,2H3. The molecule has 3 aromatic heterocycles. The van der Waals surface area contributed by atoms with E-state index in [1.54, 1.807) is 31.6 Å². The van der Waals surface area contributed by atoms with E-state index >= 15 is 0 Å². The quantitative estimate of drug-likeness (QED) is 0.463. The maximum absolute atomic E-state index is 13.2. The minimum Gasteiger partial charge on any atom is -0.380 e. The van der Waals surface area contributed by atoms with Crippen molar-refractivity contribution in [2.45, 2.75) is 13.5 Å². The van der Waals surface area contributed by atoms with Gasteiger partial charge >= 0.3 is 0 Å². The number of hydrogen-bond donors (Lipinski definition) is 2. The Bertz CT molecular complexity index is 1140. The molecule has 29 heavy (non-hydrogen) atoms. The topological polar surface area (TPSA) is 83.8 Å². The molecule has 0 atom stereocenters. The van der Waals surface area contributed by atoms with Crippen LogP contribution in [0.3, 0.4) is 0 Å². The van der Waals surface area contributed by atoms with Crippen LogP contribution in [-0.2, 0) is 6.54 Å². The van der Waals surface area contributed by atoms with Gasteiger partial charge in [0.2, 0.25) is 0 Å². The second-order valence-corrected chi connectivity index (χ2v) is 6.65. The Morgan fingerprint density at radius 2 is 2.03 bits per heavy atom. The summed E-state index contributed by atoms with van der Waals surface area (Å²) in [5, 5.41) is 7.34. The fraction of sp³-hybridized carbons (Fsp3) is 0.0870.